The van der Waals surface area contributed by atoms with Crippen LogP contribution in [0.2, 0.25) is 0 Å². The summed E-state index contributed by atoms with van der Waals surface area (Å²) in [4.78, 5) is 21.6. The molecule has 2 N–H and O–H groups in total. The van der Waals surface area contributed by atoms with E-state index in [9.17, 15) is 4.79 Å². The van der Waals surface area contributed by atoms with E-state index in [1.54, 1.807) is 7.05 Å². The van der Waals surface area contributed by atoms with Crippen molar-refractivity contribution in [3.63, 3.8) is 0 Å². The molecule has 2 aliphatic heterocycles. The first-order valence-corrected chi connectivity index (χ1v) is 11.0. The molecule has 6 nitrogen and oxygen atoms in total. The summed E-state index contributed by atoms with van der Waals surface area (Å²) < 4.78 is 0. The van der Waals surface area contributed by atoms with Gasteiger partial charge >= 0.3 is 0 Å². The van der Waals surface area contributed by atoms with Crippen LogP contribution in [0.15, 0.2) is 4.99 Å². The lowest BCUT2D eigenvalue weighted by molar-refractivity contribution is -0.121. The Hall–Kier alpha value is -0.570. The summed E-state index contributed by atoms with van der Waals surface area (Å²) in [5, 5.41) is 6.23. The van der Waals surface area contributed by atoms with Crippen molar-refractivity contribution >= 4 is 35.8 Å². The minimum Gasteiger partial charge on any atom is -0.359 e. The van der Waals surface area contributed by atoms with Gasteiger partial charge in [0.15, 0.2) is 5.96 Å². The number of amides is 1. The highest BCUT2D eigenvalue weighted by Crippen LogP contribution is 2.21. The van der Waals surface area contributed by atoms with E-state index in [4.69, 9.17) is 4.99 Å². The Morgan fingerprint density at radius 1 is 1.14 bits per heavy atom. The Morgan fingerprint density at radius 3 is 2.46 bits per heavy atom. The van der Waals surface area contributed by atoms with E-state index in [2.05, 4.69) is 41.2 Å². The van der Waals surface area contributed by atoms with Gasteiger partial charge in [-0.1, -0.05) is 13.8 Å². The van der Waals surface area contributed by atoms with Crippen LogP contribution in [0, 0.1) is 17.8 Å². The summed E-state index contributed by atoms with van der Waals surface area (Å²) >= 11 is 0. The van der Waals surface area contributed by atoms with Gasteiger partial charge in [0.25, 0.3) is 0 Å². The van der Waals surface area contributed by atoms with Gasteiger partial charge in [0.05, 0.1) is 0 Å². The summed E-state index contributed by atoms with van der Waals surface area (Å²) in [6.07, 6.45) is 5.40. The highest BCUT2D eigenvalue weighted by atomic mass is 127. The summed E-state index contributed by atoms with van der Waals surface area (Å²) in [6, 6.07) is 0. The van der Waals surface area contributed by atoms with Crippen LogP contribution < -0.4 is 10.6 Å². The van der Waals surface area contributed by atoms with Gasteiger partial charge in [-0.25, -0.2) is 0 Å². The molecule has 0 spiro atoms. The second-order valence-corrected chi connectivity index (χ2v) is 8.66. The first-order valence-electron chi connectivity index (χ1n) is 11.0. The van der Waals surface area contributed by atoms with Crippen LogP contribution in [0.1, 0.15) is 52.9 Å². The Bertz CT molecular complexity index is 477. The molecule has 2 heterocycles. The predicted octanol–water partition coefficient (Wildman–Crippen LogP) is 2.79. The minimum atomic E-state index is 0. The zero-order valence-corrected chi connectivity index (χ0v) is 20.7. The van der Waals surface area contributed by atoms with Crippen LogP contribution in [0.4, 0.5) is 0 Å². The topological polar surface area (TPSA) is 60.0 Å². The van der Waals surface area contributed by atoms with Gasteiger partial charge < -0.3 is 20.4 Å². The first-order chi connectivity index (χ1) is 13.0. The van der Waals surface area contributed by atoms with Crippen molar-refractivity contribution in [1.29, 1.82) is 0 Å². The molecule has 0 aromatic heterocycles. The van der Waals surface area contributed by atoms with E-state index in [-0.39, 0.29) is 29.9 Å². The largest absolute Gasteiger partial charge is 0.359 e. The van der Waals surface area contributed by atoms with Gasteiger partial charge in [-0.05, 0) is 56.9 Å². The molecule has 164 valence electrons. The fourth-order valence-electron chi connectivity index (χ4n) is 4.34. The minimum absolute atomic E-state index is 0. The average Bonchev–Trinajstić information content (AvgIpc) is 2.65. The van der Waals surface area contributed by atoms with Crippen molar-refractivity contribution < 1.29 is 4.79 Å². The van der Waals surface area contributed by atoms with Crippen LogP contribution in [0.3, 0.4) is 0 Å². The third-order valence-corrected chi connectivity index (χ3v) is 5.73. The molecule has 0 bridgehead atoms. The molecular formula is C21H42IN5O. The highest BCUT2D eigenvalue weighted by Gasteiger charge is 2.24. The summed E-state index contributed by atoms with van der Waals surface area (Å²) in [7, 11) is 1.72. The summed E-state index contributed by atoms with van der Waals surface area (Å²) in [5.74, 6) is 3.15. The van der Waals surface area contributed by atoms with E-state index in [1.807, 2.05) is 0 Å². The quantitative estimate of drug-likeness (QED) is 0.316. The Balaban J connectivity index is 0.00000392. The smallest absolute Gasteiger partial charge is 0.220 e. The van der Waals surface area contributed by atoms with Gasteiger partial charge in [-0.2, -0.15) is 0 Å². The molecule has 2 fully saturated rings. The molecule has 0 aliphatic carbocycles. The molecule has 0 aromatic carbocycles. The standard InChI is InChI=1S/C21H41N5O.HI/c1-5-23-21(26-11-8-18(9-12-26)13-20(27)22-4)24-14-19-7-6-10-25(16-19)15-17(2)3;/h17-19H,5-16H2,1-4H3,(H,22,27)(H,23,24);1H. The number of carbonyl (C=O) groups excluding carboxylic acids is 1. The second kappa shape index (κ2) is 13.6. The lowest BCUT2D eigenvalue weighted by Gasteiger charge is -2.35. The Kier molecular flexibility index (Phi) is 12.4. The van der Waals surface area contributed by atoms with Gasteiger partial charge in [-0.3, -0.25) is 9.79 Å². The van der Waals surface area contributed by atoms with Gasteiger partial charge in [0, 0.05) is 52.7 Å². The molecular weight excluding hydrogens is 465 g/mol. The Labute approximate surface area is 189 Å². The van der Waals surface area contributed by atoms with E-state index in [0.29, 0.717) is 18.3 Å². The number of nitrogens with one attached hydrogen (secondary N) is 2. The van der Waals surface area contributed by atoms with Crippen LogP contribution in [0.25, 0.3) is 0 Å². The van der Waals surface area contributed by atoms with Gasteiger partial charge in [0.2, 0.25) is 5.91 Å². The molecule has 28 heavy (non-hydrogen) atoms. The maximum absolute atomic E-state index is 11.6. The van der Waals surface area contributed by atoms with E-state index in [1.165, 1.54) is 32.5 Å². The van der Waals surface area contributed by atoms with Crippen molar-refractivity contribution in [2.75, 3.05) is 52.9 Å². The number of hydrogen-bond donors (Lipinski definition) is 2. The lowest BCUT2D eigenvalue weighted by Crippen LogP contribution is -2.46. The molecule has 1 unspecified atom stereocenters. The number of halogens is 1. The number of likely N-dealkylation sites (tertiary alicyclic amines) is 2. The molecule has 2 aliphatic rings. The number of piperidine rings is 2. The number of nitrogens with zero attached hydrogens (tertiary/aromatic N) is 3. The second-order valence-electron chi connectivity index (χ2n) is 8.66. The van der Waals surface area contributed by atoms with Gasteiger partial charge in [0.1, 0.15) is 0 Å². The van der Waals surface area contributed by atoms with E-state index >= 15 is 0 Å². The van der Waals surface area contributed by atoms with Crippen LogP contribution in [-0.2, 0) is 4.79 Å². The maximum Gasteiger partial charge on any atom is 0.220 e. The van der Waals surface area contributed by atoms with Crippen molar-refractivity contribution in [1.82, 2.24) is 20.4 Å². The summed E-state index contributed by atoms with van der Waals surface area (Å²) in [6.45, 7) is 14.2. The molecule has 0 saturated carbocycles. The highest BCUT2D eigenvalue weighted by molar-refractivity contribution is 14.0. The molecule has 1 amide bonds. The van der Waals surface area contributed by atoms with Crippen LogP contribution in [0.5, 0.6) is 0 Å². The van der Waals surface area contributed by atoms with E-state index < -0.39 is 0 Å². The van der Waals surface area contributed by atoms with E-state index in [0.717, 1.165) is 50.9 Å². The number of carbonyl (C=O) groups is 1. The molecule has 2 rings (SSSR count). The van der Waals surface area contributed by atoms with Gasteiger partial charge in [-0.15, -0.1) is 24.0 Å². The average molecular weight is 508 g/mol. The molecule has 7 heteroatoms. The monoisotopic (exact) mass is 507 g/mol. The summed E-state index contributed by atoms with van der Waals surface area (Å²) in [5.41, 5.74) is 0. The first kappa shape index (κ1) is 25.5. The third kappa shape index (κ3) is 8.84. The van der Waals surface area contributed by atoms with Crippen molar-refractivity contribution in [3.8, 4) is 0 Å². The molecule has 0 radical (unpaired) electrons. The SMILES string of the molecule is CCNC(=NCC1CCCN(CC(C)C)C1)N1CCC(CC(=O)NC)CC1.I. The fraction of sp³-hybridized carbons (Fsp3) is 0.905. The Morgan fingerprint density at radius 2 is 1.86 bits per heavy atom. The van der Waals surface area contributed by atoms with Crippen molar-refractivity contribution in [3.05, 3.63) is 0 Å². The molecule has 1 atom stereocenters. The van der Waals surface area contributed by atoms with Crippen molar-refractivity contribution in [2.45, 2.75) is 52.9 Å². The zero-order chi connectivity index (χ0) is 19.6. The maximum atomic E-state index is 11.6. The normalized spacial score (nSPS) is 22.1. The third-order valence-electron chi connectivity index (χ3n) is 5.73. The van der Waals surface area contributed by atoms with Crippen LogP contribution >= 0.6 is 24.0 Å². The molecule has 2 saturated heterocycles. The number of rotatable bonds is 7. The number of guanidine groups is 1. The fourth-order valence-corrected chi connectivity index (χ4v) is 4.34. The predicted molar refractivity (Wildman–Crippen MR) is 128 cm³/mol. The van der Waals surface area contributed by atoms with Crippen LogP contribution in [-0.4, -0.2) is 74.5 Å². The lowest BCUT2D eigenvalue weighted by atomic mass is 9.93. The number of hydrogen-bond acceptors (Lipinski definition) is 3. The zero-order valence-electron chi connectivity index (χ0n) is 18.4. The van der Waals surface area contributed by atoms with Crippen molar-refractivity contribution in [2.24, 2.45) is 22.7 Å². The molecule has 0 aromatic rings. The number of aliphatic imine (C=N–C) groups is 1.